The molecule has 1 aromatic rings. The summed E-state index contributed by atoms with van der Waals surface area (Å²) in [6.07, 6.45) is 1.92. The van der Waals surface area contributed by atoms with Crippen molar-refractivity contribution >= 4 is 27.5 Å². The molecule has 0 spiro atoms. The fourth-order valence-electron chi connectivity index (χ4n) is 1.08. The predicted molar refractivity (Wildman–Crippen MR) is 64.4 cm³/mol. The second kappa shape index (κ2) is 5.39. The van der Waals surface area contributed by atoms with Crippen molar-refractivity contribution in [2.75, 3.05) is 24.3 Å². The summed E-state index contributed by atoms with van der Waals surface area (Å²) in [4.78, 5) is 0.145. The molecule has 0 bridgehead atoms. The van der Waals surface area contributed by atoms with Crippen LogP contribution in [-0.2, 0) is 10.0 Å². The van der Waals surface area contributed by atoms with Crippen molar-refractivity contribution in [1.29, 1.82) is 0 Å². The van der Waals surface area contributed by atoms with Crippen molar-refractivity contribution in [1.82, 2.24) is 4.72 Å². The van der Waals surface area contributed by atoms with Gasteiger partial charge in [0.2, 0.25) is 10.0 Å². The number of hydrogen-bond acceptors (Lipinski definition) is 4. The van der Waals surface area contributed by atoms with Crippen LogP contribution in [0.25, 0.3) is 0 Å². The first kappa shape index (κ1) is 12.4. The lowest BCUT2D eigenvalue weighted by Gasteiger charge is -2.07. The van der Waals surface area contributed by atoms with Gasteiger partial charge >= 0.3 is 0 Å². The molecule has 4 nitrogen and oxygen atoms in total. The van der Waals surface area contributed by atoms with Gasteiger partial charge in [0.05, 0.1) is 5.69 Å². The molecule has 0 radical (unpaired) electrons. The summed E-state index contributed by atoms with van der Waals surface area (Å²) in [7, 11) is -3.45. The molecular weight excluding hydrogens is 232 g/mol. The van der Waals surface area contributed by atoms with Gasteiger partial charge in [0.1, 0.15) is 4.90 Å². The number of nitrogens with two attached hydrogens (primary N) is 1. The van der Waals surface area contributed by atoms with Crippen molar-refractivity contribution in [2.45, 2.75) is 4.90 Å². The van der Waals surface area contributed by atoms with Crippen LogP contribution in [0.1, 0.15) is 0 Å². The minimum absolute atomic E-state index is 0.145. The van der Waals surface area contributed by atoms with Crippen LogP contribution in [0.15, 0.2) is 29.2 Å². The molecule has 0 heterocycles. The summed E-state index contributed by atoms with van der Waals surface area (Å²) < 4.78 is 25.9. The number of rotatable bonds is 5. The quantitative estimate of drug-likeness (QED) is 0.598. The molecule has 0 amide bonds. The van der Waals surface area contributed by atoms with Crippen molar-refractivity contribution in [3.8, 4) is 0 Å². The maximum Gasteiger partial charge on any atom is 0.242 e. The molecule has 0 atom stereocenters. The van der Waals surface area contributed by atoms with Gasteiger partial charge < -0.3 is 5.73 Å². The highest BCUT2D eigenvalue weighted by molar-refractivity contribution is 7.98. The van der Waals surface area contributed by atoms with Gasteiger partial charge in [-0.25, -0.2) is 13.1 Å². The Labute approximate surface area is 94.3 Å². The first-order chi connectivity index (χ1) is 7.08. The molecule has 1 rings (SSSR count). The first-order valence-electron chi connectivity index (χ1n) is 4.41. The van der Waals surface area contributed by atoms with E-state index in [2.05, 4.69) is 4.72 Å². The van der Waals surface area contributed by atoms with E-state index < -0.39 is 10.0 Å². The average Bonchev–Trinajstić information content (AvgIpc) is 2.18. The van der Waals surface area contributed by atoms with Gasteiger partial charge in [-0.05, 0) is 18.4 Å². The summed E-state index contributed by atoms with van der Waals surface area (Å²) in [5.41, 5.74) is 5.86. The standard InChI is InChI=1S/C9H14N2O2S2/c1-14-7-6-11-15(12,13)9-5-3-2-4-8(9)10/h2-5,11H,6-7,10H2,1H3. The van der Waals surface area contributed by atoms with E-state index in [0.29, 0.717) is 6.54 Å². The molecule has 3 N–H and O–H groups in total. The lowest BCUT2D eigenvalue weighted by molar-refractivity contribution is 0.584. The maximum absolute atomic E-state index is 11.7. The molecule has 0 saturated carbocycles. The zero-order valence-corrected chi connectivity index (χ0v) is 10.1. The Bertz CT molecular complexity index is 418. The second-order valence-corrected chi connectivity index (χ2v) is 5.65. The van der Waals surface area contributed by atoms with Crippen LogP contribution in [0.5, 0.6) is 0 Å². The van der Waals surface area contributed by atoms with Gasteiger partial charge in [0, 0.05) is 12.3 Å². The van der Waals surface area contributed by atoms with Crippen molar-refractivity contribution in [3.63, 3.8) is 0 Å². The third kappa shape index (κ3) is 3.40. The molecule has 0 fully saturated rings. The van der Waals surface area contributed by atoms with Crippen molar-refractivity contribution in [2.24, 2.45) is 0 Å². The maximum atomic E-state index is 11.7. The normalized spacial score (nSPS) is 11.5. The number of benzene rings is 1. The Kier molecular flexibility index (Phi) is 4.44. The third-order valence-corrected chi connectivity index (χ3v) is 3.95. The fourth-order valence-corrected chi connectivity index (χ4v) is 2.68. The highest BCUT2D eigenvalue weighted by Crippen LogP contribution is 2.16. The van der Waals surface area contributed by atoms with E-state index in [1.165, 1.54) is 6.07 Å². The van der Waals surface area contributed by atoms with E-state index in [9.17, 15) is 8.42 Å². The number of nitrogen functional groups attached to an aromatic ring is 1. The van der Waals surface area contributed by atoms with Gasteiger partial charge in [-0.15, -0.1) is 0 Å². The summed E-state index contributed by atoms with van der Waals surface area (Å²) in [5, 5.41) is 0. The van der Waals surface area contributed by atoms with Crippen molar-refractivity contribution in [3.05, 3.63) is 24.3 Å². The topological polar surface area (TPSA) is 72.2 Å². The number of anilines is 1. The van der Waals surface area contributed by atoms with Gasteiger partial charge in [-0.2, -0.15) is 11.8 Å². The summed E-state index contributed by atoms with van der Waals surface area (Å²) in [5.74, 6) is 0.742. The van der Waals surface area contributed by atoms with Crippen LogP contribution in [0.3, 0.4) is 0 Å². The Hall–Kier alpha value is -0.720. The number of hydrogen-bond donors (Lipinski definition) is 2. The van der Waals surface area contributed by atoms with Crippen LogP contribution in [0, 0.1) is 0 Å². The largest absolute Gasteiger partial charge is 0.398 e. The Balaban J connectivity index is 2.83. The smallest absolute Gasteiger partial charge is 0.242 e. The molecule has 15 heavy (non-hydrogen) atoms. The van der Waals surface area contributed by atoms with Crippen LogP contribution in [0.2, 0.25) is 0 Å². The van der Waals surface area contributed by atoms with Gasteiger partial charge in [0.25, 0.3) is 0 Å². The molecule has 1 aromatic carbocycles. The van der Waals surface area contributed by atoms with E-state index in [1.807, 2.05) is 6.26 Å². The first-order valence-corrected chi connectivity index (χ1v) is 7.29. The number of sulfonamides is 1. The molecule has 0 aliphatic heterocycles. The zero-order valence-electron chi connectivity index (χ0n) is 8.43. The second-order valence-electron chi connectivity index (χ2n) is 2.93. The monoisotopic (exact) mass is 246 g/mol. The molecular formula is C9H14N2O2S2. The van der Waals surface area contributed by atoms with Crippen LogP contribution in [-0.4, -0.2) is 27.0 Å². The molecule has 0 unspecified atom stereocenters. The molecule has 0 saturated heterocycles. The minimum Gasteiger partial charge on any atom is -0.398 e. The third-order valence-electron chi connectivity index (χ3n) is 1.81. The molecule has 6 heteroatoms. The van der Waals surface area contributed by atoms with E-state index >= 15 is 0 Å². The van der Waals surface area contributed by atoms with E-state index in [1.54, 1.807) is 30.0 Å². The molecule has 0 aromatic heterocycles. The average molecular weight is 246 g/mol. The Morgan fingerprint density at radius 2 is 2.07 bits per heavy atom. The Morgan fingerprint density at radius 1 is 1.40 bits per heavy atom. The highest BCUT2D eigenvalue weighted by Gasteiger charge is 2.15. The predicted octanol–water partition coefficient (Wildman–Crippen LogP) is 0.910. The molecule has 0 aliphatic rings. The van der Waals surface area contributed by atoms with E-state index in [4.69, 9.17) is 5.73 Å². The lowest BCUT2D eigenvalue weighted by atomic mass is 10.3. The number of para-hydroxylation sites is 1. The number of nitrogens with one attached hydrogen (secondary N) is 1. The van der Waals surface area contributed by atoms with Crippen LogP contribution in [0.4, 0.5) is 5.69 Å². The summed E-state index contributed by atoms with van der Waals surface area (Å²) >= 11 is 1.58. The SMILES string of the molecule is CSCCNS(=O)(=O)c1ccccc1N. The van der Waals surface area contributed by atoms with Crippen molar-refractivity contribution < 1.29 is 8.42 Å². The molecule has 84 valence electrons. The molecule has 0 aliphatic carbocycles. The summed E-state index contributed by atoms with van der Waals surface area (Å²) in [6, 6.07) is 6.43. The van der Waals surface area contributed by atoms with Crippen LogP contribution >= 0.6 is 11.8 Å². The zero-order chi connectivity index (χ0) is 11.3. The van der Waals surface area contributed by atoms with Gasteiger partial charge in [0.15, 0.2) is 0 Å². The van der Waals surface area contributed by atoms with E-state index in [-0.39, 0.29) is 10.6 Å². The minimum atomic E-state index is -3.45. The van der Waals surface area contributed by atoms with E-state index in [0.717, 1.165) is 5.75 Å². The summed E-state index contributed by atoms with van der Waals surface area (Å²) in [6.45, 7) is 0.415. The van der Waals surface area contributed by atoms with Gasteiger partial charge in [-0.1, -0.05) is 12.1 Å². The van der Waals surface area contributed by atoms with Crippen LogP contribution < -0.4 is 10.5 Å². The number of thioether (sulfide) groups is 1. The lowest BCUT2D eigenvalue weighted by Crippen LogP contribution is -2.26. The Morgan fingerprint density at radius 3 is 2.67 bits per heavy atom. The highest BCUT2D eigenvalue weighted by atomic mass is 32.2. The fraction of sp³-hybridized carbons (Fsp3) is 0.333. The van der Waals surface area contributed by atoms with Gasteiger partial charge in [-0.3, -0.25) is 0 Å².